The van der Waals surface area contributed by atoms with Gasteiger partial charge in [0.25, 0.3) is 17.2 Å². The Bertz CT molecular complexity index is 829. The van der Waals surface area contributed by atoms with Gasteiger partial charge in [0, 0.05) is 30.6 Å². The number of nitrogens with one attached hydrogen (secondary N) is 2. The molecule has 2 N–H and O–H groups in total. The molecule has 138 valence electrons. The van der Waals surface area contributed by atoms with Gasteiger partial charge >= 0.3 is 0 Å². The Labute approximate surface area is 152 Å². The standard InChI is InChI=1S/C16H18N4O5S/c21-15-12(8-11(9-17-15)20(23)24)16(22)18-10-13(14-2-1-7-26-14)19-3-5-25-6-4-19/h1-2,7-9,13H,3-6,10H2,(H,17,21)(H,18,22)/t13-/m1/s1. The van der Waals surface area contributed by atoms with Crippen molar-refractivity contribution >= 4 is 22.9 Å². The van der Waals surface area contributed by atoms with E-state index in [0.29, 0.717) is 19.8 Å². The molecule has 1 fully saturated rings. The first-order valence-electron chi connectivity index (χ1n) is 8.07. The van der Waals surface area contributed by atoms with Crippen LogP contribution in [-0.4, -0.2) is 53.6 Å². The number of morpholine rings is 1. The summed E-state index contributed by atoms with van der Waals surface area (Å²) >= 11 is 1.59. The first-order valence-corrected chi connectivity index (χ1v) is 8.95. The van der Waals surface area contributed by atoms with Crippen molar-refractivity contribution in [3.63, 3.8) is 0 Å². The molecule has 1 aliphatic heterocycles. The molecule has 3 rings (SSSR count). The second-order valence-corrected chi connectivity index (χ2v) is 6.73. The molecule has 9 nitrogen and oxygen atoms in total. The van der Waals surface area contributed by atoms with Gasteiger partial charge in [-0.15, -0.1) is 11.3 Å². The predicted molar refractivity (Wildman–Crippen MR) is 95.5 cm³/mol. The number of carbonyl (C=O) groups excluding carboxylic acids is 1. The van der Waals surface area contributed by atoms with E-state index in [2.05, 4.69) is 15.2 Å². The second-order valence-electron chi connectivity index (χ2n) is 5.75. The molecule has 3 heterocycles. The highest BCUT2D eigenvalue weighted by Gasteiger charge is 2.25. The van der Waals surface area contributed by atoms with Crippen LogP contribution in [0.5, 0.6) is 0 Å². The number of ether oxygens (including phenoxy) is 1. The Hall–Kier alpha value is -2.56. The van der Waals surface area contributed by atoms with Gasteiger partial charge in [-0.05, 0) is 11.4 Å². The lowest BCUT2D eigenvalue weighted by molar-refractivity contribution is -0.385. The van der Waals surface area contributed by atoms with Crippen LogP contribution in [0.1, 0.15) is 21.3 Å². The zero-order chi connectivity index (χ0) is 18.5. The minimum atomic E-state index is -0.660. The van der Waals surface area contributed by atoms with Crippen molar-refractivity contribution < 1.29 is 14.5 Å². The topological polar surface area (TPSA) is 118 Å². The molecule has 0 bridgehead atoms. The molecule has 0 spiro atoms. The van der Waals surface area contributed by atoms with Crippen LogP contribution in [0.15, 0.2) is 34.6 Å². The number of thiophene rings is 1. The summed E-state index contributed by atoms with van der Waals surface area (Å²) in [6.45, 7) is 3.04. The van der Waals surface area contributed by atoms with E-state index in [9.17, 15) is 19.7 Å². The average Bonchev–Trinajstić information content (AvgIpc) is 3.17. The lowest BCUT2D eigenvalue weighted by Crippen LogP contribution is -2.44. The lowest BCUT2D eigenvalue weighted by atomic mass is 10.1. The molecule has 2 aromatic heterocycles. The summed E-state index contributed by atoms with van der Waals surface area (Å²) in [5.41, 5.74) is -1.27. The third-order valence-corrected chi connectivity index (χ3v) is 5.13. The van der Waals surface area contributed by atoms with E-state index >= 15 is 0 Å². The van der Waals surface area contributed by atoms with E-state index in [4.69, 9.17) is 4.74 Å². The molecule has 1 aliphatic rings. The van der Waals surface area contributed by atoms with E-state index in [1.807, 2.05) is 17.5 Å². The third-order valence-electron chi connectivity index (χ3n) is 4.16. The molecule has 26 heavy (non-hydrogen) atoms. The van der Waals surface area contributed by atoms with Gasteiger partial charge in [-0.3, -0.25) is 24.6 Å². The number of carbonyl (C=O) groups is 1. The molecule has 2 aromatic rings. The maximum atomic E-state index is 12.4. The van der Waals surface area contributed by atoms with Crippen LogP contribution >= 0.6 is 11.3 Å². The summed E-state index contributed by atoms with van der Waals surface area (Å²) in [5.74, 6) is -0.634. The van der Waals surface area contributed by atoms with E-state index in [-0.39, 0.29) is 17.3 Å². The summed E-state index contributed by atoms with van der Waals surface area (Å²) in [7, 11) is 0. The van der Waals surface area contributed by atoms with Gasteiger partial charge < -0.3 is 15.0 Å². The van der Waals surface area contributed by atoms with Crippen molar-refractivity contribution in [2.24, 2.45) is 0 Å². The number of nitro groups is 1. The first-order chi connectivity index (χ1) is 12.6. The Balaban J connectivity index is 1.74. The first kappa shape index (κ1) is 18.2. The Morgan fingerprint density at radius 2 is 2.23 bits per heavy atom. The number of amides is 1. The van der Waals surface area contributed by atoms with Crippen LogP contribution in [0.4, 0.5) is 5.69 Å². The van der Waals surface area contributed by atoms with Crippen LogP contribution in [0.25, 0.3) is 0 Å². The average molecular weight is 378 g/mol. The SMILES string of the molecule is O=C(NC[C@H](c1cccs1)N1CCOCC1)c1cc([N+](=O)[O-])c[nH]c1=O. The molecule has 10 heteroatoms. The molecule has 0 radical (unpaired) electrons. The number of H-pyrrole nitrogens is 1. The van der Waals surface area contributed by atoms with E-state index in [1.165, 1.54) is 0 Å². The Morgan fingerprint density at radius 3 is 2.88 bits per heavy atom. The third kappa shape index (κ3) is 4.15. The highest BCUT2D eigenvalue weighted by atomic mass is 32.1. The smallest absolute Gasteiger partial charge is 0.286 e. The van der Waals surface area contributed by atoms with Gasteiger partial charge in [0.05, 0.1) is 30.4 Å². The van der Waals surface area contributed by atoms with Crippen molar-refractivity contribution in [2.75, 3.05) is 32.8 Å². The minimum Gasteiger partial charge on any atom is -0.379 e. The highest BCUT2D eigenvalue weighted by molar-refractivity contribution is 7.10. The van der Waals surface area contributed by atoms with E-state index in [1.54, 1.807) is 11.3 Å². The van der Waals surface area contributed by atoms with Gasteiger partial charge in [-0.1, -0.05) is 6.07 Å². The van der Waals surface area contributed by atoms with Crippen molar-refractivity contribution in [3.8, 4) is 0 Å². The molecule has 1 atom stereocenters. The monoisotopic (exact) mass is 378 g/mol. The van der Waals surface area contributed by atoms with E-state index < -0.39 is 16.4 Å². The normalized spacial score (nSPS) is 16.2. The summed E-state index contributed by atoms with van der Waals surface area (Å²) < 4.78 is 5.38. The zero-order valence-electron chi connectivity index (χ0n) is 13.8. The predicted octanol–water partition coefficient (Wildman–Crippen LogP) is 1.15. The van der Waals surface area contributed by atoms with Crippen LogP contribution in [-0.2, 0) is 4.74 Å². The number of aromatic nitrogens is 1. The fourth-order valence-electron chi connectivity index (χ4n) is 2.81. The van der Waals surface area contributed by atoms with Crippen molar-refractivity contribution in [3.05, 3.63) is 60.7 Å². The fourth-order valence-corrected chi connectivity index (χ4v) is 3.67. The second kappa shape index (κ2) is 8.21. The van der Waals surface area contributed by atoms with Crippen LogP contribution in [0, 0.1) is 10.1 Å². The molecule has 0 aromatic carbocycles. The number of pyridine rings is 1. The van der Waals surface area contributed by atoms with Crippen molar-refractivity contribution in [2.45, 2.75) is 6.04 Å². The Morgan fingerprint density at radius 1 is 1.46 bits per heavy atom. The van der Waals surface area contributed by atoms with E-state index in [0.717, 1.165) is 30.2 Å². The quantitative estimate of drug-likeness (QED) is 0.575. The molecule has 1 amide bonds. The van der Waals surface area contributed by atoms with Crippen LogP contribution in [0.3, 0.4) is 0 Å². The van der Waals surface area contributed by atoms with Gasteiger partial charge in [-0.2, -0.15) is 0 Å². The molecule has 0 aliphatic carbocycles. The number of hydrogen-bond acceptors (Lipinski definition) is 7. The largest absolute Gasteiger partial charge is 0.379 e. The zero-order valence-corrected chi connectivity index (χ0v) is 14.7. The molecule has 1 saturated heterocycles. The number of hydrogen-bond donors (Lipinski definition) is 2. The minimum absolute atomic E-state index is 0.0411. The summed E-state index contributed by atoms with van der Waals surface area (Å²) in [5, 5.41) is 15.6. The molecule has 0 saturated carbocycles. The van der Waals surface area contributed by atoms with Crippen molar-refractivity contribution in [1.82, 2.24) is 15.2 Å². The lowest BCUT2D eigenvalue weighted by Gasteiger charge is -2.34. The maximum Gasteiger partial charge on any atom is 0.286 e. The maximum absolute atomic E-state index is 12.4. The number of nitrogens with zero attached hydrogens (tertiary/aromatic N) is 2. The summed E-state index contributed by atoms with van der Waals surface area (Å²) in [4.78, 5) is 40.0. The molecular formula is C16H18N4O5S. The summed E-state index contributed by atoms with van der Waals surface area (Å²) in [6.07, 6.45) is 0.974. The van der Waals surface area contributed by atoms with Crippen molar-refractivity contribution in [1.29, 1.82) is 0 Å². The number of rotatable bonds is 6. The van der Waals surface area contributed by atoms with Crippen LogP contribution in [0.2, 0.25) is 0 Å². The highest BCUT2D eigenvalue weighted by Crippen LogP contribution is 2.25. The fraction of sp³-hybridized carbons (Fsp3) is 0.375. The van der Waals surface area contributed by atoms with Gasteiger partial charge in [0.15, 0.2) is 0 Å². The molecule has 0 unspecified atom stereocenters. The van der Waals surface area contributed by atoms with Crippen LogP contribution < -0.4 is 10.9 Å². The summed E-state index contributed by atoms with van der Waals surface area (Å²) in [6, 6.07) is 4.89. The van der Waals surface area contributed by atoms with Gasteiger partial charge in [-0.25, -0.2) is 0 Å². The van der Waals surface area contributed by atoms with Gasteiger partial charge in [0.1, 0.15) is 5.56 Å². The van der Waals surface area contributed by atoms with Gasteiger partial charge in [0.2, 0.25) is 0 Å². The number of aromatic amines is 1. The molecular weight excluding hydrogens is 360 g/mol. The Kier molecular flexibility index (Phi) is 5.76.